The van der Waals surface area contributed by atoms with Gasteiger partial charge < -0.3 is 15.0 Å². The number of quaternary nitrogens is 1. The quantitative estimate of drug-likeness (QED) is 0.148. The zero-order valence-electron chi connectivity index (χ0n) is 23.0. The third-order valence-corrected chi connectivity index (χ3v) is 7.18. The van der Waals surface area contributed by atoms with Gasteiger partial charge in [0.15, 0.2) is 0 Å². The number of aliphatic hydroxyl groups is 1. The molecule has 0 heterocycles. The molecule has 6 heteroatoms. The van der Waals surface area contributed by atoms with Gasteiger partial charge in [0, 0.05) is 0 Å². The number of aryl methyl sites for hydroxylation is 1. The fourth-order valence-electron chi connectivity index (χ4n) is 4.08. The smallest absolute Gasteiger partial charge is 0.124 e. The topological polar surface area (TPSA) is 94.0 Å². The summed E-state index contributed by atoms with van der Waals surface area (Å²) in [6.07, 6.45) is 23.0. The lowest BCUT2D eigenvalue weighted by atomic mass is 10.0. The molecule has 0 aliphatic rings. The molecular formula is C29H55NO4S. The van der Waals surface area contributed by atoms with Crippen molar-refractivity contribution in [2.45, 2.75) is 128 Å². The van der Waals surface area contributed by atoms with E-state index in [-0.39, 0.29) is 4.90 Å². The molecule has 206 valence electrons. The van der Waals surface area contributed by atoms with E-state index in [1.165, 1.54) is 121 Å². The molecule has 0 saturated heterocycles. The van der Waals surface area contributed by atoms with Crippen molar-refractivity contribution in [3.63, 3.8) is 0 Å². The van der Waals surface area contributed by atoms with Crippen LogP contribution in [0.15, 0.2) is 29.2 Å². The molecule has 1 aromatic rings. The van der Waals surface area contributed by atoms with Gasteiger partial charge in [-0.3, -0.25) is 0 Å². The maximum absolute atomic E-state index is 10.4. The maximum Gasteiger partial charge on any atom is 0.124 e. The van der Waals surface area contributed by atoms with Crippen molar-refractivity contribution in [3.05, 3.63) is 29.8 Å². The van der Waals surface area contributed by atoms with E-state index in [0.29, 0.717) is 6.61 Å². The highest BCUT2D eigenvalue weighted by Gasteiger charge is 1.98. The second-order valence-electron chi connectivity index (χ2n) is 10.3. The number of nitrogens with two attached hydrogens (primary N) is 1. The van der Waals surface area contributed by atoms with Gasteiger partial charge in [-0.15, -0.1) is 0 Å². The highest BCUT2D eigenvalue weighted by Crippen LogP contribution is 2.14. The molecule has 0 aliphatic carbocycles. The first-order chi connectivity index (χ1) is 16.8. The normalized spacial score (nSPS) is 11.5. The lowest BCUT2D eigenvalue weighted by molar-refractivity contribution is -0.656. The van der Waals surface area contributed by atoms with Gasteiger partial charge >= 0.3 is 0 Å². The van der Waals surface area contributed by atoms with E-state index >= 15 is 0 Å². The van der Waals surface area contributed by atoms with Gasteiger partial charge in [0.2, 0.25) is 0 Å². The highest BCUT2D eigenvalue weighted by molar-refractivity contribution is 7.85. The average Bonchev–Trinajstić information content (AvgIpc) is 2.80. The minimum Gasteiger partial charge on any atom is -0.744 e. The Morgan fingerprint density at radius 1 is 0.714 bits per heavy atom. The summed E-state index contributed by atoms with van der Waals surface area (Å²) in [7, 11) is -4.27. The van der Waals surface area contributed by atoms with Crippen LogP contribution < -0.4 is 5.32 Å². The lowest BCUT2D eigenvalue weighted by Crippen LogP contribution is -2.85. The van der Waals surface area contributed by atoms with Crippen LogP contribution in [0.5, 0.6) is 0 Å². The van der Waals surface area contributed by atoms with Crippen LogP contribution in [0, 0.1) is 12.8 Å². The van der Waals surface area contributed by atoms with Crippen molar-refractivity contribution >= 4 is 10.1 Å². The Morgan fingerprint density at radius 2 is 1.11 bits per heavy atom. The number of hydrogen-bond acceptors (Lipinski definition) is 4. The monoisotopic (exact) mass is 513 g/mol. The fourth-order valence-corrected chi connectivity index (χ4v) is 4.55. The lowest BCUT2D eigenvalue weighted by Gasteiger charge is -2.05. The first-order valence-corrected chi connectivity index (χ1v) is 15.6. The second-order valence-corrected chi connectivity index (χ2v) is 11.7. The van der Waals surface area contributed by atoms with Gasteiger partial charge in [0.1, 0.15) is 10.1 Å². The van der Waals surface area contributed by atoms with E-state index in [1.807, 2.05) is 6.92 Å². The van der Waals surface area contributed by atoms with Gasteiger partial charge in [0.05, 0.1) is 24.6 Å². The molecule has 0 spiro atoms. The Labute approximate surface area is 217 Å². The second kappa shape index (κ2) is 23.4. The fraction of sp³-hybridized carbons (Fsp3) is 0.793. The van der Waals surface area contributed by atoms with Gasteiger partial charge in [-0.05, 0) is 37.8 Å². The van der Waals surface area contributed by atoms with Crippen molar-refractivity contribution in [2.24, 2.45) is 5.92 Å². The minimum atomic E-state index is -4.27. The SMILES string of the molecule is CC(C)CCCCCCCCCCCCCCCCC[NH2+]CCO.Cc1ccc(S(=O)(=O)[O-])cc1. The molecular weight excluding hydrogens is 458 g/mol. The van der Waals surface area contributed by atoms with E-state index in [4.69, 9.17) is 5.11 Å². The molecule has 1 rings (SSSR count). The van der Waals surface area contributed by atoms with Crippen LogP contribution in [0.4, 0.5) is 0 Å². The van der Waals surface area contributed by atoms with Gasteiger partial charge in [-0.1, -0.05) is 121 Å². The van der Waals surface area contributed by atoms with E-state index in [1.54, 1.807) is 12.1 Å². The van der Waals surface area contributed by atoms with Crippen molar-refractivity contribution in [2.75, 3.05) is 19.7 Å². The van der Waals surface area contributed by atoms with Crippen LogP contribution in [0.3, 0.4) is 0 Å². The van der Waals surface area contributed by atoms with Gasteiger partial charge in [-0.25, -0.2) is 8.42 Å². The molecule has 0 radical (unpaired) electrons. The van der Waals surface area contributed by atoms with Crippen LogP contribution in [-0.2, 0) is 10.1 Å². The van der Waals surface area contributed by atoms with Crippen molar-refractivity contribution < 1.29 is 23.4 Å². The summed E-state index contributed by atoms with van der Waals surface area (Å²) in [5.74, 6) is 0.889. The Bertz CT molecular complexity index is 674. The molecule has 0 saturated carbocycles. The van der Waals surface area contributed by atoms with E-state index in [0.717, 1.165) is 18.0 Å². The molecule has 0 aromatic heterocycles. The van der Waals surface area contributed by atoms with Crippen LogP contribution in [0.25, 0.3) is 0 Å². The zero-order valence-corrected chi connectivity index (χ0v) is 23.8. The summed E-state index contributed by atoms with van der Waals surface area (Å²) >= 11 is 0. The van der Waals surface area contributed by atoms with Gasteiger partial charge in [-0.2, -0.15) is 0 Å². The summed E-state index contributed by atoms with van der Waals surface area (Å²) in [5.41, 5.74) is 0.928. The molecule has 0 amide bonds. The third-order valence-electron chi connectivity index (χ3n) is 6.33. The van der Waals surface area contributed by atoms with Crippen molar-refractivity contribution in [1.29, 1.82) is 0 Å². The minimum absolute atomic E-state index is 0.178. The van der Waals surface area contributed by atoms with E-state index < -0.39 is 10.1 Å². The number of aliphatic hydroxyl groups excluding tert-OH is 1. The molecule has 5 nitrogen and oxygen atoms in total. The zero-order chi connectivity index (χ0) is 26.2. The highest BCUT2D eigenvalue weighted by atomic mass is 32.2. The van der Waals surface area contributed by atoms with Crippen LogP contribution in [-0.4, -0.2) is 37.8 Å². The Kier molecular flexibility index (Phi) is 22.8. The number of unbranched alkanes of at least 4 members (excludes halogenated alkanes) is 14. The van der Waals surface area contributed by atoms with Crippen LogP contribution in [0.2, 0.25) is 0 Å². The average molecular weight is 514 g/mol. The Hall–Kier alpha value is -0.950. The molecule has 1 aromatic carbocycles. The number of rotatable bonds is 21. The summed E-state index contributed by atoms with van der Waals surface area (Å²) in [6.45, 7) is 8.87. The first kappa shape index (κ1) is 34.0. The summed E-state index contributed by atoms with van der Waals surface area (Å²) in [6, 6.07) is 5.78. The summed E-state index contributed by atoms with van der Waals surface area (Å²) in [4.78, 5) is -0.178. The largest absolute Gasteiger partial charge is 0.744 e. The first-order valence-electron chi connectivity index (χ1n) is 14.2. The Balaban J connectivity index is 0.000000867. The van der Waals surface area contributed by atoms with Gasteiger partial charge in [0.25, 0.3) is 0 Å². The standard InChI is InChI=1S/C22H47NO.C7H8O3S/c1-22(2)18-16-14-12-10-8-6-4-3-5-7-9-11-13-15-17-19-23-20-21-24;1-6-2-4-7(5-3-6)11(8,9)10/h22-24H,3-21H2,1-2H3;2-5H,1H3,(H,8,9,10). The predicted molar refractivity (Wildman–Crippen MR) is 147 cm³/mol. The molecule has 0 bridgehead atoms. The van der Waals surface area contributed by atoms with Crippen molar-refractivity contribution in [3.8, 4) is 0 Å². The molecule has 0 aliphatic heterocycles. The molecule has 35 heavy (non-hydrogen) atoms. The van der Waals surface area contributed by atoms with Crippen LogP contribution >= 0.6 is 0 Å². The number of benzene rings is 1. The molecule has 3 N–H and O–H groups in total. The molecule has 0 unspecified atom stereocenters. The number of hydrogen-bond donors (Lipinski definition) is 2. The van der Waals surface area contributed by atoms with Crippen molar-refractivity contribution in [1.82, 2.24) is 0 Å². The maximum atomic E-state index is 10.4. The summed E-state index contributed by atoms with van der Waals surface area (Å²) < 4.78 is 31.2. The summed E-state index contributed by atoms with van der Waals surface area (Å²) in [5, 5.41) is 10.9. The molecule has 0 fully saturated rings. The third kappa shape index (κ3) is 24.5. The predicted octanol–water partition coefficient (Wildman–Crippen LogP) is 6.34. The van der Waals surface area contributed by atoms with E-state index in [9.17, 15) is 13.0 Å². The van der Waals surface area contributed by atoms with Crippen LogP contribution in [0.1, 0.15) is 122 Å². The molecule has 0 atom stereocenters. The van der Waals surface area contributed by atoms with E-state index in [2.05, 4.69) is 19.2 Å². The Morgan fingerprint density at radius 3 is 1.49 bits per heavy atom.